The molecule has 0 N–H and O–H groups in total. The molecule has 36 heavy (non-hydrogen) atoms. The maximum atomic E-state index is 11.2. The molecule has 1 saturated heterocycles. The largest absolute Gasteiger partial charge is 0.303 e. The Hall–Kier alpha value is -1.82. The number of hydrogen-bond acceptors (Lipinski definition) is 5. The number of aldehydes is 1. The molecule has 5 rings (SSSR count). The van der Waals surface area contributed by atoms with Crippen molar-refractivity contribution in [3.8, 4) is 0 Å². The Labute approximate surface area is 217 Å². The van der Waals surface area contributed by atoms with Crippen LogP contribution in [0, 0.1) is 44.4 Å². The third-order valence-electron chi connectivity index (χ3n) is 9.86. The van der Waals surface area contributed by atoms with Gasteiger partial charge in [0.25, 0.3) is 5.78 Å². The van der Waals surface area contributed by atoms with E-state index in [2.05, 4.69) is 28.8 Å². The Morgan fingerprint density at radius 2 is 1.47 bits per heavy atom. The lowest BCUT2D eigenvalue weighted by molar-refractivity contribution is -0.111. The fourth-order valence-electron chi connectivity index (χ4n) is 7.79. The summed E-state index contributed by atoms with van der Waals surface area (Å²) in [6, 6.07) is 0.780. The molecule has 1 unspecified atom stereocenters. The van der Waals surface area contributed by atoms with Gasteiger partial charge in [-0.1, -0.05) is 51.4 Å². The molecule has 2 aliphatic carbocycles. The topological polar surface area (TPSA) is 63.4 Å². The van der Waals surface area contributed by atoms with Crippen molar-refractivity contribution in [3.05, 3.63) is 22.8 Å². The van der Waals surface area contributed by atoms with Gasteiger partial charge in [0.2, 0.25) is 0 Å². The van der Waals surface area contributed by atoms with E-state index >= 15 is 0 Å². The summed E-state index contributed by atoms with van der Waals surface area (Å²) in [6.07, 6.45) is 19.6. The predicted octanol–water partition coefficient (Wildman–Crippen LogP) is 6.04. The number of fused-ring (bicyclic) bond motifs is 1. The highest BCUT2D eigenvalue weighted by Gasteiger charge is 2.31. The van der Waals surface area contributed by atoms with Crippen LogP contribution in [0.5, 0.6) is 0 Å². The molecule has 0 aromatic carbocycles. The van der Waals surface area contributed by atoms with E-state index in [9.17, 15) is 4.79 Å². The van der Waals surface area contributed by atoms with Crippen molar-refractivity contribution < 1.29 is 4.79 Å². The van der Waals surface area contributed by atoms with Crippen LogP contribution in [0.4, 0.5) is 0 Å². The Balaban J connectivity index is 1.12. The first kappa shape index (κ1) is 25.8. The van der Waals surface area contributed by atoms with Crippen LogP contribution < -0.4 is 0 Å². The van der Waals surface area contributed by atoms with Crippen LogP contribution in [0.15, 0.2) is 0 Å². The monoisotopic (exact) mass is 493 g/mol. The van der Waals surface area contributed by atoms with E-state index in [0.717, 1.165) is 60.4 Å². The SMILES string of the molecule is Cc1nc2nc(C)c(CC3CCN(C4CCCC(C5CCCC(C=O)CCC5)CCC4)C3)c(C)n2n1. The van der Waals surface area contributed by atoms with E-state index in [-0.39, 0.29) is 0 Å². The van der Waals surface area contributed by atoms with Gasteiger partial charge in [-0.15, -0.1) is 0 Å². The Bertz CT molecular complexity index is 1010. The van der Waals surface area contributed by atoms with Crippen molar-refractivity contribution in [3.63, 3.8) is 0 Å². The van der Waals surface area contributed by atoms with Crippen LogP contribution in [-0.2, 0) is 11.2 Å². The Kier molecular flexibility index (Phi) is 8.39. The van der Waals surface area contributed by atoms with Crippen LogP contribution in [0.1, 0.15) is 106 Å². The number of rotatable bonds is 5. The fraction of sp³-hybridized carbons (Fsp3) is 0.800. The van der Waals surface area contributed by atoms with Gasteiger partial charge < -0.3 is 9.69 Å². The summed E-state index contributed by atoms with van der Waals surface area (Å²) in [5, 5.41) is 4.57. The average Bonchev–Trinajstić information content (AvgIpc) is 3.43. The molecule has 3 fully saturated rings. The number of hydrogen-bond donors (Lipinski definition) is 0. The minimum absolute atomic E-state index is 0.340. The number of likely N-dealkylation sites (tertiary alicyclic amines) is 1. The normalized spacial score (nSPS) is 31.0. The number of nitrogens with zero attached hydrogens (tertiary/aromatic N) is 5. The number of carbonyl (C=O) groups excluding carboxylic acids is 1. The highest BCUT2D eigenvalue weighted by molar-refractivity contribution is 5.53. The highest BCUT2D eigenvalue weighted by Crippen LogP contribution is 2.38. The molecule has 0 radical (unpaired) electrons. The summed E-state index contributed by atoms with van der Waals surface area (Å²) < 4.78 is 1.94. The number of aromatic nitrogens is 4. The summed E-state index contributed by atoms with van der Waals surface area (Å²) in [5.74, 6) is 4.43. The van der Waals surface area contributed by atoms with E-state index < -0.39 is 0 Å². The van der Waals surface area contributed by atoms with Gasteiger partial charge in [0.05, 0.1) is 0 Å². The van der Waals surface area contributed by atoms with Gasteiger partial charge in [-0.25, -0.2) is 9.50 Å². The molecular formula is C30H47N5O. The zero-order chi connectivity index (χ0) is 25.1. The second kappa shape index (κ2) is 11.7. The second-order valence-corrected chi connectivity index (χ2v) is 12.3. The standard InChI is InChI=1S/C30H47N5O/c1-21-29(22(2)35-30(31-21)32-23(3)33-35)18-25-16-17-34(19-25)28-14-6-12-27(13-7-15-28)26-10-4-8-24(20-36)9-5-11-26/h20,24-28H,4-19H2,1-3H3. The maximum Gasteiger partial charge on any atom is 0.252 e. The third-order valence-corrected chi connectivity index (χ3v) is 9.86. The Morgan fingerprint density at radius 1 is 0.833 bits per heavy atom. The molecule has 198 valence electrons. The average molecular weight is 494 g/mol. The molecule has 1 aliphatic heterocycles. The molecule has 3 aliphatic rings. The van der Waals surface area contributed by atoms with Gasteiger partial charge >= 0.3 is 0 Å². The molecular weight excluding hydrogens is 446 g/mol. The predicted molar refractivity (Wildman–Crippen MR) is 144 cm³/mol. The molecule has 3 heterocycles. The van der Waals surface area contributed by atoms with E-state index in [1.807, 2.05) is 11.4 Å². The van der Waals surface area contributed by atoms with E-state index in [1.165, 1.54) is 101 Å². The Morgan fingerprint density at radius 3 is 2.11 bits per heavy atom. The third kappa shape index (κ3) is 5.84. The molecule has 0 bridgehead atoms. The van der Waals surface area contributed by atoms with Crippen LogP contribution >= 0.6 is 0 Å². The molecule has 2 aromatic rings. The zero-order valence-corrected chi connectivity index (χ0v) is 22.9. The van der Waals surface area contributed by atoms with Crippen LogP contribution in [0.25, 0.3) is 5.78 Å². The molecule has 1 atom stereocenters. The maximum absolute atomic E-state index is 11.2. The van der Waals surface area contributed by atoms with Crippen LogP contribution in [-0.4, -0.2) is 49.9 Å². The molecule has 2 saturated carbocycles. The number of carbonyl (C=O) groups is 1. The van der Waals surface area contributed by atoms with Gasteiger partial charge in [-0.05, 0) is 89.2 Å². The van der Waals surface area contributed by atoms with Crippen molar-refractivity contribution in [2.24, 2.45) is 23.7 Å². The first-order chi connectivity index (χ1) is 17.5. The molecule has 2 aromatic heterocycles. The molecule has 0 amide bonds. The van der Waals surface area contributed by atoms with Crippen LogP contribution in [0.2, 0.25) is 0 Å². The van der Waals surface area contributed by atoms with E-state index in [1.54, 1.807) is 0 Å². The van der Waals surface area contributed by atoms with Gasteiger partial charge in [-0.3, -0.25) is 0 Å². The van der Waals surface area contributed by atoms with E-state index in [0.29, 0.717) is 5.92 Å². The van der Waals surface area contributed by atoms with Crippen molar-refractivity contribution in [1.82, 2.24) is 24.5 Å². The summed E-state index contributed by atoms with van der Waals surface area (Å²) in [4.78, 5) is 23.3. The molecule has 0 spiro atoms. The van der Waals surface area contributed by atoms with E-state index in [4.69, 9.17) is 4.98 Å². The summed E-state index contributed by atoms with van der Waals surface area (Å²) in [6.45, 7) is 8.76. The highest BCUT2D eigenvalue weighted by atomic mass is 16.1. The van der Waals surface area contributed by atoms with Crippen molar-refractivity contribution >= 4 is 12.1 Å². The summed E-state index contributed by atoms with van der Waals surface area (Å²) in [5.41, 5.74) is 3.71. The first-order valence-corrected chi connectivity index (χ1v) is 14.9. The van der Waals surface area contributed by atoms with Crippen molar-refractivity contribution in [2.75, 3.05) is 13.1 Å². The lowest BCUT2D eigenvalue weighted by Gasteiger charge is -2.35. The number of aryl methyl sites for hydroxylation is 3. The lowest BCUT2D eigenvalue weighted by Crippen LogP contribution is -2.35. The zero-order valence-electron chi connectivity index (χ0n) is 22.9. The minimum Gasteiger partial charge on any atom is -0.303 e. The van der Waals surface area contributed by atoms with Crippen molar-refractivity contribution in [1.29, 1.82) is 0 Å². The lowest BCUT2D eigenvalue weighted by atomic mass is 9.74. The quantitative estimate of drug-likeness (QED) is 0.475. The van der Waals surface area contributed by atoms with Gasteiger partial charge in [-0.2, -0.15) is 10.1 Å². The summed E-state index contributed by atoms with van der Waals surface area (Å²) in [7, 11) is 0. The molecule has 6 heteroatoms. The smallest absolute Gasteiger partial charge is 0.252 e. The van der Waals surface area contributed by atoms with Gasteiger partial charge in [0, 0.05) is 29.9 Å². The summed E-state index contributed by atoms with van der Waals surface area (Å²) >= 11 is 0. The van der Waals surface area contributed by atoms with Crippen molar-refractivity contribution in [2.45, 2.75) is 117 Å². The van der Waals surface area contributed by atoms with Gasteiger partial charge in [0.1, 0.15) is 12.1 Å². The minimum atomic E-state index is 0.340. The van der Waals surface area contributed by atoms with Gasteiger partial charge in [0.15, 0.2) is 0 Å². The molecule has 6 nitrogen and oxygen atoms in total. The van der Waals surface area contributed by atoms with Crippen LogP contribution in [0.3, 0.4) is 0 Å². The first-order valence-electron chi connectivity index (χ1n) is 14.9. The second-order valence-electron chi connectivity index (χ2n) is 12.3. The fourth-order valence-corrected chi connectivity index (χ4v) is 7.79.